The molecule has 2 heterocycles. The molecule has 4 nitrogen and oxygen atoms in total. The van der Waals surface area contributed by atoms with Crippen LogP contribution in [0.1, 0.15) is 21.1 Å². The average Bonchev–Trinajstić information content (AvgIpc) is 3.15. The van der Waals surface area contributed by atoms with Gasteiger partial charge in [-0.1, -0.05) is 16.6 Å². The molecule has 1 aromatic carbocycles. The van der Waals surface area contributed by atoms with Gasteiger partial charge in [-0.25, -0.2) is 9.37 Å². The molecule has 0 N–H and O–H groups in total. The maximum absolute atomic E-state index is 13.8. The van der Waals surface area contributed by atoms with Crippen molar-refractivity contribution in [3.8, 4) is 10.6 Å². The Morgan fingerprint density at radius 1 is 1.32 bits per heavy atom. The lowest BCUT2D eigenvalue weighted by molar-refractivity contribution is 0.105. The van der Waals surface area contributed by atoms with Crippen molar-refractivity contribution >= 4 is 34.7 Å². The Hall–Kier alpha value is -2.25. The number of aromatic nitrogens is 3. The second kappa shape index (κ2) is 6.25. The van der Waals surface area contributed by atoms with Crippen LogP contribution in [0.15, 0.2) is 35.7 Å². The molecule has 0 unspecified atom stereocenters. The number of nitrogens with zero attached hydrogens (tertiary/aromatic N) is 3. The Labute approximate surface area is 134 Å². The molecular weight excluding hydrogens is 321 g/mol. The molecule has 0 amide bonds. The number of benzene rings is 1. The topological polar surface area (TPSA) is 55.7 Å². The summed E-state index contributed by atoms with van der Waals surface area (Å²) < 4.78 is 17.5. The molecular formula is C15H10FN3OS2. The van der Waals surface area contributed by atoms with Crippen LogP contribution in [0.3, 0.4) is 0 Å². The summed E-state index contributed by atoms with van der Waals surface area (Å²) in [6, 6.07) is 6.39. The van der Waals surface area contributed by atoms with E-state index in [0.29, 0.717) is 26.8 Å². The molecule has 2 aromatic heterocycles. The van der Waals surface area contributed by atoms with E-state index in [0.717, 1.165) is 0 Å². The van der Waals surface area contributed by atoms with E-state index < -0.39 is 0 Å². The Balaban J connectivity index is 1.89. The van der Waals surface area contributed by atoms with Crippen LogP contribution in [0.25, 0.3) is 16.6 Å². The number of halogens is 1. The summed E-state index contributed by atoms with van der Waals surface area (Å²) in [4.78, 5) is 17.0. The lowest BCUT2D eigenvalue weighted by Gasteiger charge is -1.96. The van der Waals surface area contributed by atoms with Crippen molar-refractivity contribution in [3.63, 3.8) is 0 Å². The van der Waals surface area contributed by atoms with E-state index in [1.165, 1.54) is 35.0 Å². The quantitative estimate of drug-likeness (QED) is 0.535. The van der Waals surface area contributed by atoms with Gasteiger partial charge in [0.1, 0.15) is 10.8 Å². The SMILES string of the molecule is Cc1nc(-c2ccccc2F)sc1C(=O)/C=C\c1csnn1. The predicted molar refractivity (Wildman–Crippen MR) is 85.5 cm³/mol. The maximum atomic E-state index is 13.8. The van der Waals surface area contributed by atoms with Crippen molar-refractivity contribution in [1.82, 2.24) is 14.6 Å². The fourth-order valence-corrected chi connectivity index (χ4v) is 3.29. The summed E-state index contributed by atoms with van der Waals surface area (Å²) in [6.07, 6.45) is 3.04. The van der Waals surface area contributed by atoms with E-state index in [4.69, 9.17) is 0 Å². The number of rotatable bonds is 4. The third-order valence-corrected chi connectivity index (χ3v) is 4.64. The second-order valence-electron chi connectivity index (χ2n) is 4.44. The summed E-state index contributed by atoms with van der Waals surface area (Å²) in [5.74, 6) is -0.523. The highest BCUT2D eigenvalue weighted by molar-refractivity contribution is 7.17. The molecule has 0 fully saturated rings. The van der Waals surface area contributed by atoms with Crippen LogP contribution < -0.4 is 0 Å². The number of carbonyl (C=O) groups is 1. The monoisotopic (exact) mass is 331 g/mol. The van der Waals surface area contributed by atoms with Crippen LogP contribution in [-0.2, 0) is 0 Å². The van der Waals surface area contributed by atoms with Gasteiger partial charge in [0, 0.05) is 10.9 Å². The Kier molecular flexibility index (Phi) is 4.17. The zero-order valence-electron chi connectivity index (χ0n) is 11.5. The highest BCUT2D eigenvalue weighted by Crippen LogP contribution is 2.30. The van der Waals surface area contributed by atoms with E-state index in [1.54, 1.807) is 36.6 Å². The van der Waals surface area contributed by atoms with Gasteiger partial charge in [-0.05, 0) is 42.7 Å². The van der Waals surface area contributed by atoms with Crippen LogP contribution in [0.2, 0.25) is 0 Å². The van der Waals surface area contributed by atoms with Gasteiger partial charge in [0.25, 0.3) is 0 Å². The number of hydrogen-bond donors (Lipinski definition) is 0. The molecule has 0 radical (unpaired) electrons. The molecule has 0 aliphatic rings. The highest BCUT2D eigenvalue weighted by Gasteiger charge is 2.16. The lowest BCUT2D eigenvalue weighted by Crippen LogP contribution is -1.93. The van der Waals surface area contributed by atoms with E-state index in [9.17, 15) is 9.18 Å². The Morgan fingerprint density at radius 3 is 2.86 bits per heavy atom. The average molecular weight is 331 g/mol. The number of carbonyl (C=O) groups excluding carboxylic acids is 1. The minimum atomic E-state index is -0.348. The van der Waals surface area contributed by atoms with Crippen LogP contribution in [0, 0.1) is 12.7 Å². The van der Waals surface area contributed by atoms with Crippen molar-refractivity contribution < 1.29 is 9.18 Å². The van der Waals surface area contributed by atoms with Crippen LogP contribution in [-0.4, -0.2) is 20.4 Å². The second-order valence-corrected chi connectivity index (χ2v) is 6.05. The zero-order valence-corrected chi connectivity index (χ0v) is 13.1. The van der Waals surface area contributed by atoms with Gasteiger partial charge < -0.3 is 0 Å². The van der Waals surface area contributed by atoms with Gasteiger partial charge in [0.15, 0.2) is 5.78 Å². The summed E-state index contributed by atoms with van der Waals surface area (Å²) in [5.41, 5.74) is 1.63. The third-order valence-electron chi connectivity index (χ3n) is 2.91. The molecule has 0 aliphatic carbocycles. The van der Waals surface area contributed by atoms with Crippen molar-refractivity contribution in [2.24, 2.45) is 0 Å². The smallest absolute Gasteiger partial charge is 0.197 e. The van der Waals surface area contributed by atoms with E-state index in [2.05, 4.69) is 14.6 Å². The minimum absolute atomic E-state index is 0.175. The summed E-state index contributed by atoms with van der Waals surface area (Å²) in [5, 5.41) is 6.08. The number of thiazole rings is 1. The first-order valence-corrected chi connectivity index (χ1v) is 8.02. The third kappa shape index (κ3) is 3.00. The Bertz CT molecular complexity index is 840. The summed E-state index contributed by atoms with van der Waals surface area (Å²) in [7, 11) is 0. The normalized spacial score (nSPS) is 11.2. The van der Waals surface area contributed by atoms with Crippen molar-refractivity contribution in [3.05, 3.63) is 57.8 Å². The predicted octanol–water partition coefficient (Wildman–Crippen LogP) is 4.01. The van der Waals surface area contributed by atoms with Crippen LogP contribution in [0.4, 0.5) is 4.39 Å². The number of allylic oxidation sites excluding steroid dienone is 1. The van der Waals surface area contributed by atoms with E-state index in [-0.39, 0.29) is 11.6 Å². The van der Waals surface area contributed by atoms with Gasteiger partial charge in [0.2, 0.25) is 0 Å². The fourth-order valence-electron chi connectivity index (χ4n) is 1.86. The van der Waals surface area contributed by atoms with Gasteiger partial charge >= 0.3 is 0 Å². The molecule has 0 bridgehead atoms. The molecule has 7 heteroatoms. The zero-order chi connectivity index (χ0) is 15.5. The minimum Gasteiger partial charge on any atom is -0.288 e. The van der Waals surface area contributed by atoms with Gasteiger partial charge in [0.05, 0.1) is 16.3 Å². The molecule has 0 atom stereocenters. The first kappa shape index (κ1) is 14.7. The lowest BCUT2D eigenvalue weighted by atomic mass is 10.2. The number of aryl methyl sites for hydroxylation is 1. The largest absolute Gasteiger partial charge is 0.288 e. The summed E-state index contributed by atoms with van der Waals surface area (Å²) in [6.45, 7) is 1.74. The Morgan fingerprint density at radius 2 is 2.14 bits per heavy atom. The van der Waals surface area contributed by atoms with Gasteiger partial charge in [-0.2, -0.15) is 0 Å². The molecule has 110 valence electrons. The van der Waals surface area contributed by atoms with E-state index >= 15 is 0 Å². The first-order chi connectivity index (χ1) is 10.6. The van der Waals surface area contributed by atoms with Crippen molar-refractivity contribution in [1.29, 1.82) is 0 Å². The summed E-state index contributed by atoms with van der Waals surface area (Å²) >= 11 is 2.40. The van der Waals surface area contributed by atoms with Crippen LogP contribution in [0.5, 0.6) is 0 Å². The highest BCUT2D eigenvalue weighted by atomic mass is 32.1. The van der Waals surface area contributed by atoms with Gasteiger partial charge in [-0.3, -0.25) is 4.79 Å². The number of ketones is 1. The molecule has 3 aromatic rings. The molecule has 0 spiro atoms. The first-order valence-electron chi connectivity index (χ1n) is 6.37. The van der Waals surface area contributed by atoms with E-state index in [1.807, 2.05) is 0 Å². The molecule has 0 aliphatic heterocycles. The van der Waals surface area contributed by atoms with Crippen molar-refractivity contribution in [2.45, 2.75) is 6.92 Å². The van der Waals surface area contributed by atoms with Gasteiger partial charge in [-0.15, -0.1) is 16.4 Å². The van der Waals surface area contributed by atoms with Crippen molar-refractivity contribution in [2.75, 3.05) is 0 Å². The standard InChI is InChI=1S/C15H10FN3OS2/c1-9-14(13(20)7-6-10-8-21-19-18-10)22-15(17-9)11-4-2-3-5-12(11)16/h2-8H,1H3/b7-6-. The molecule has 0 saturated carbocycles. The maximum Gasteiger partial charge on any atom is 0.197 e. The number of hydrogen-bond acceptors (Lipinski definition) is 6. The molecule has 3 rings (SSSR count). The molecule has 22 heavy (non-hydrogen) atoms. The fraction of sp³-hybridized carbons (Fsp3) is 0.0667. The van der Waals surface area contributed by atoms with Crippen LogP contribution >= 0.6 is 22.9 Å². The molecule has 0 saturated heterocycles.